The Morgan fingerprint density at radius 2 is 2.00 bits per heavy atom. The van der Waals surface area contributed by atoms with Gasteiger partial charge in [-0.1, -0.05) is 17.7 Å². The number of hydrogen-bond acceptors (Lipinski definition) is 10. The second-order valence-electron chi connectivity index (χ2n) is 15.1. The SMILES string of the molecule is CC(C)(C)OC(=O)Nc1sc2c(F)ccc(-c3c(Cl)cc4c(N5CCCC(C(=O)O)CC5)nc(OC[C@@]56CCCN5C/C(=C\F)C6)nc4c3F)c2c1C#N. The average molecular weight is 783 g/mol. The number of fused-ring (bicyclic) bond motifs is 3. The molecule has 284 valence electrons. The Bertz CT molecular complexity index is 2250. The van der Waals surface area contributed by atoms with Gasteiger partial charge in [0.1, 0.15) is 40.4 Å². The van der Waals surface area contributed by atoms with Gasteiger partial charge in [-0.05, 0) is 89.1 Å². The number of carboxylic acids is 1. The molecule has 16 heteroatoms. The van der Waals surface area contributed by atoms with Crippen LogP contribution in [0.1, 0.15) is 64.9 Å². The van der Waals surface area contributed by atoms with Crippen LogP contribution in [0.4, 0.5) is 28.8 Å². The Hall–Kier alpha value is -4.65. The van der Waals surface area contributed by atoms with Crippen molar-refractivity contribution >= 4 is 66.8 Å². The number of benzene rings is 2. The lowest BCUT2D eigenvalue weighted by molar-refractivity contribution is -0.142. The van der Waals surface area contributed by atoms with Crippen LogP contribution in [0.15, 0.2) is 30.1 Å². The largest absolute Gasteiger partial charge is 0.481 e. The van der Waals surface area contributed by atoms with Gasteiger partial charge in [0.05, 0.1) is 33.1 Å². The van der Waals surface area contributed by atoms with Crippen molar-refractivity contribution in [2.45, 2.75) is 70.4 Å². The topological polar surface area (TPSA) is 141 Å². The summed E-state index contributed by atoms with van der Waals surface area (Å²) in [5, 5.41) is 22.8. The Labute approximate surface area is 318 Å². The number of aliphatic carboxylic acids is 1. The van der Waals surface area contributed by atoms with Crippen LogP contribution in [0.5, 0.6) is 6.01 Å². The highest BCUT2D eigenvalue weighted by Gasteiger charge is 2.47. The fourth-order valence-corrected chi connectivity index (χ4v) is 9.25. The van der Waals surface area contributed by atoms with Crippen LogP contribution in [0, 0.1) is 28.9 Å². The molecule has 3 aliphatic rings. The molecule has 3 fully saturated rings. The summed E-state index contributed by atoms with van der Waals surface area (Å²) in [6, 6.07) is 5.87. The summed E-state index contributed by atoms with van der Waals surface area (Å²) in [7, 11) is 0. The maximum atomic E-state index is 17.3. The predicted octanol–water partition coefficient (Wildman–Crippen LogP) is 8.82. The molecule has 0 bridgehead atoms. The van der Waals surface area contributed by atoms with Gasteiger partial charge in [-0.15, -0.1) is 11.3 Å². The third kappa shape index (κ3) is 7.02. The quantitative estimate of drug-likeness (QED) is 0.187. The van der Waals surface area contributed by atoms with Gasteiger partial charge in [0.15, 0.2) is 5.82 Å². The number of carbonyl (C=O) groups excluding carboxylic acids is 1. The zero-order chi connectivity index (χ0) is 38.5. The highest BCUT2D eigenvalue weighted by molar-refractivity contribution is 7.23. The minimum atomic E-state index is -0.883. The number of amides is 1. The van der Waals surface area contributed by atoms with Gasteiger partial charge in [0, 0.05) is 36.0 Å². The fraction of sp³-hybridized carbons (Fsp3) is 0.447. The lowest BCUT2D eigenvalue weighted by atomic mass is 9.94. The van der Waals surface area contributed by atoms with E-state index in [-0.39, 0.29) is 60.3 Å². The van der Waals surface area contributed by atoms with E-state index in [2.05, 4.69) is 15.2 Å². The summed E-state index contributed by atoms with van der Waals surface area (Å²) in [5.41, 5.74) is -0.950. The zero-order valence-electron chi connectivity index (χ0n) is 29.9. The van der Waals surface area contributed by atoms with E-state index in [4.69, 9.17) is 26.1 Å². The summed E-state index contributed by atoms with van der Waals surface area (Å²) in [6.45, 7) is 7.18. The van der Waals surface area contributed by atoms with E-state index < -0.39 is 40.8 Å². The van der Waals surface area contributed by atoms with Crippen molar-refractivity contribution < 1.29 is 37.3 Å². The van der Waals surface area contributed by atoms with Crippen molar-refractivity contribution in [2.75, 3.05) is 43.0 Å². The minimum absolute atomic E-state index is 0.00532. The lowest BCUT2D eigenvalue weighted by Crippen LogP contribution is -2.43. The van der Waals surface area contributed by atoms with Gasteiger partial charge in [0.25, 0.3) is 0 Å². The molecule has 2 N–H and O–H groups in total. The van der Waals surface area contributed by atoms with E-state index in [9.17, 15) is 24.3 Å². The summed E-state index contributed by atoms with van der Waals surface area (Å²) in [4.78, 5) is 37.9. The van der Waals surface area contributed by atoms with E-state index in [1.165, 1.54) is 12.1 Å². The summed E-state index contributed by atoms with van der Waals surface area (Å²) >= 11 is 7.71. The molecule has 2 atom stereocenters. The molecule has 5 heterocycles. The molecular formula is C38H38ClF3N6O5S. The normalized spacial score (nSPS) is 21.3. The van der Waals surface area contributed by atoms with Crippen LogP contribution in [-0.2, 0) is 9.53 Å². The van der Waals surface area contributed by atoms with E-state index >= 15 is 8.78 Å². The second-order valence-corrected chi connectivity index (χ2v) is 16.5. The Morgan fingerprint density at radius 1 is 1.20 bits per heavy atom. The van der Waals surface area contributed by atoms with E-state index in [0.29, 0.717) is 63.0 Å². The number of halogens is 4. The Kier molecular flexibility index (Phi) is 10.1. The molecule has 4 aromatic rings. The first-order valence-corrected chi connectivity index (χ1v) is 18.9. The number of hydrogen-bond donors (Lipinski definition) is 2. The van der Waals surface area contributed by atoms with E-state index in [1.807, 2.05) is 11.0 Å². The van der Waals surface area contributed by atoms with Crippen LogP contribution in [0.3, 0.4) is 0 Å². The highest BCUT2D eigenvalue weighted by Crippen LogP contribution is 2.47. The number of carbonyl (C=O) groups is 2. The van der Waals surface area contributed by atoms with Crippen LogP contribution < -0.4 is 15.0 Å². The van der Waals surface area contributed by atoms with Crippen molar-refractivity contribution in [1.82, 2.24) is 14.9 Å². The van der Waals surface area contributed by atoms with Crippen LogP contribution in [-0.4, -0.2) is 76.0 Å². The number of ether oxygens (including phenoxy) is 2. The number of nitriles is 1. The zero-order valence-corrected chi connectivity index (χ0v) is 31.5. The fourth-order valence-electron chi connectivity index (χ4n) is 7.89. The van der Waals surface area contributed by atoms with E-state index in [1.54, 1.807) is 20.8 Å². The molecule has 1 amide bonds. The smallest absolute Gasteiger partial charge is 0.412 e. The summed E-state index contributed by atoms with van der Waals surface area (Å²) < 4.78 is 57.9. The molecule has 2 aromatic heterocycles. The first-order valence-electron chi connectivity index (χ1n) is 17.7. The molecule has 3 aliphatic heterocycles. The number of aromatic nitrogens is 2. The molecule has 11 nitrogen and oxygen atoms in total. The van der Waals surface area contributed by atoms with Crippen molar-refractivity contribution in [3.63, 3.8) is 0 Å². The molecule has 0 radical (unpaired) electrons. The molecule has 7 rings (SSSR count). The maximum absolute atomic E-state index is 17.3. The average Bonchev–Trinajstić information content (AvgIpc) is 3.71. The highest BCUT2D eigenvalue weighted by atomic mass is 35.5. The van der Waals surface area contributed by atoms with Gasteiger partial charge in [-0.25, -0.2) is 18.0 Å². The first kappa shape index (κ1) is 37.7. The third-order valence-corrected chi connectivity index (χ3v) is 11.7. The molecule has 1 unspecified atom stereocenters. The molecule has 0 spiro atoms. The van der Waals surface area contributed by atoms with Crippen LogP contribution in [0.25, 0.3) is 32.1 Å². The van der Waals surface area contributed by atoms with Crippen molar-refractivity contribution in [1.29, 1.82) is 5.26 Å². The number of thiophene rings is 1. The second kappa shape index (κ2) is 14.5. The third-order valence-electron chi connectivity index (χ3n) is 10.3. The number of nitrogens with zero attached hydrogens (tertiary/aromatic N) is 5. The monoisotopic (exact) mass is 782 g/mol. The standard InChI is InChI=1S/C38H38ClF3N6O5S/c1-37(2,3)53-36(51)46-33-24(17-43)27-22(7-8-26(41)31(27)54-33)28-25(39)14-23-30(29(28)42)44-35(45-32(23)47-11-4-6-21(9-13-47)34(49)50)52-19-38-10-5-12-48(38)18-20(15-38)16-40/h7-8,14,16,21H,4-6,9-13,15,18-19H2,1-3H3,(H,46,51)(H,49,50)/b20-16-/t21?,38-/m0/s1. The van der Waals surface area contributed by atoms with Crippen LogP contribution in [0.2, 0.25) is 5.02 Å². The van der Waals surface area contributed by atoms with Crippen molar-refractivity contribution in [3.8, 4) is 23.2 Å². The first-order chi connectivity index (χ1) is 25.7. The van der Waals surface area contributed by atoms with Crippen molar-refractivity contribution in [3.05, 3.63) is 52.3 Å². The van der Waals surface area contributed by atoms with Gasteiger partial charge < -0.3 is 19.5 Å². The Morgan fingerprint density at radius 3 is 2.72 bits per heavy atom. The molecule has 0 aliphatic carbocycles. The lowest BCUT2D eigenvalue weighted by Gasteiger charge is -2.31. The predicted molar refractivity (Wildman–Crippen MR) is 200 cm³/mol. The summed E-state index contributed by atoms with van der Waals surface area (Å²) in [6.07, 6.45) is 3.31. The number of nitrogens with one attached hydrogen (secondary N) is 1. The van der Waals surface area contributed by atoms with Gasteiger partial charge in [-0.3, -0.25) is 15.0 Å². The summed E-state index contributed by atoms with van der Waals surface area (Å²) in [5.74, 6) is -2.69. The molecular weight excluding hydrogens is 745 g/mol. The minimum Gasteiger partial charge on any atom is -0.481 e. The molecule has 54 heavy (non-hydrogen) atoms. The Balaban J connectivity index is 1.36. The number of anilines is 2. The van der Waals surface area contributed by atoms with Gasteiger partial charge in [0.2, 0.25) is 0 Å². The molecule has 0 saturated carbocycles. The van der Waals surface area contributed by atoms with Crippen LogP contribution >= 0.6 is 22.9 Å². The van der Waals surface area contributed by atoms with Gasteiger partial charge in [-0.2, -0.15) is 15.2 Å². The molecule has 3 saturated heterocycles. The van der Waals surface area contributed by atoms with Gasteiger partial charge >= 0.3 is 18.1 Å². The number of carboxylic acid groups (broad SMARTS) is 1. The van der Waals surface area contributed by atoms with Crippen molar-refractivity contribution in [2.24, 2.45) is 5.92 Å². The number of rotatable bonds is 7. The molecule has 2 aromatic carbocycles. The maximum Gasteiger partial charge on any atom is 0.412 e. The van der Waals surface area contributed by atoms with E-state index in [0.717, 1.165) is 36.8 Å².